The Bertz CT molecular complexity index is 1150. The molecule has 0 fully saturated rings. The summed E-state index contributed by atoms with van der Waals surface area (Å²) in [5.41, 5.74) is 5.18. The van der Waals surface area contributed by atoms with Crippen LogP contribution in [0.2, 0.25) is 5.02 Å². The van der Waals surface area contributed by atoms with Crippen LogP contribution in [0.1, 0.15) is 42.0 Å². The summed E-state index contributed by atoms with van der Waals surface area (Å²) >= 11 is 7.66. The molecule has 1 atom stereocenters. The molecule has 1 aliphatic heterocycles. The van der Waals surface area contributed by atoms with E-state index in [0.717, 1.165) is 46.0 Å². The number of carbonyl (C=O) groups is 1. The number of nitrogens with one attached hydrogen (secondary N) is 1. The molecule has 0 saturated carbocycles. The van der Waals surface area contributed by atoms with Crippen LogP contribution in [0, 0.1) is 6.92 Å². The number of aromatic nitrogens is 3. The molecule has 0 spiro atoms. The van der Waals surface area contributed by atoms with Crippen molar-refractivity contribution in [1.82, 2.24) is 14.8 Å². The largest absolute Gasteiger partial charge is 0.328 e. The quantitative estimate of drug-likeness (QED) is 0.543. The van der Waals surface area contributed by atoms with Gasteiger partial charge >= 0.3 is 0 Å². The molecule has 5 rings (SSSR count). The Morgan fingerprint density at radius 3 is 2.83 bits per heavy atom. The summed E-state index contributed by atoms with van der Waals surface area (Å²) in [6, 6.07) is 15.9. The highest BCUT2D eigenvalue weighted by molar-refractivity contribution is 7.98. The van der Waals surface area contributed by atoms with Gasteiger partial charge in [-0.05, 0) is 43.0 Å². The maximum absolute atomic E-state index is 12.9. The molecule has 0 saturated heterocycles. The predicted octanol–water partition coefficient (Wildman–Crippen LogP) is 5.55. The third kappa shape index (κ3) is 3.66. The van der Waals surface area contributed by atoms with Crippen molar-refractivity contribution in [3.63, 3.8) is 0 Å². The summed E-state index contributed by atoms with van der Waals surface area (Å²) in [7, 11) is 0. The van der Waals surface area contributed by atoms with Gasteiger partial charge < -0.3 is 5.32 Å². The SMILES string of the molecule is Cc1ccc(C2C3=C(CCCC3=O)Nc3nc(SCc4cccc(Cl)c4)nn32)cc1. The van der Waals surface area contributed by atoms with E-state index in [1.54, 1.807) is 11.8 Å². The molecule has 1 unspecified atom stereocenters. The third-order valence-electron chi connectivity index (χ3n) is 5.50. The molecule has 2 aromatic carbocycles. The van der Waals surface area contributed by atoms with Crippen LogP contribution in [0.25, 0.3) is 0 Å². The van der Waals surface area contributed by atoms with Crippen molar-refractivity contribution in [3.8, 4) is 0 Å². The predicted molar refractivity (Wildman–Crippen MR) is 120 cm³/mol. The van der Waals surface area contributed by atoms with Crippen LogP contribution in [0.4, 0.5) is 5.95 Å². The van der Waals surface area contributed by atoms with E-state index in [1.807, 2.05) is 28.9 Å². The normalized spacial score (nSPS) is 18.1. The number of anilines is 1. The van der Waals surface area contributed by atoms with Gasteiger partial charge in [-0.3, -0.25) is 4.79 Å². The summed E-state index contributed by atoms with van der Waals surface area (Å²) in [6.45, 7) is 2.06. The number of hydrogen-bond acceptors (Lipinski definition) is 5. The highest BCUT2D eigenvalue weighted by Gasteiger charge is 2.36. The molecule has 2 heterocycles. The van der Waals surface area contributed by atoms with Crippen LogP contribution in [-0.2, 0) is 10.5 Å². The first-order chi connectivity index (χ1) is 14.6. The molecule has 2 aliphatic rings. The number of hydrogen-bond donors (Lipinski definition) is 1. The minimum absolute atomic E-state index is 0.198. The van der Waals surface area contributed by atoms with Gasteiger partial charge in [-0.15, -0.1) is 5.10 Å². The molecule has 7 heteroatoms. The topological polar surface area (TPSA) is 59.8 Å². The Hall–Kier alpha value is -2.57. The minimum Gasteiger partial charge on any atom is -0.328 e. The van der Waals surface area contributed by atoms with E-state index in [1.165, 1.54) is 5.56 Å². The zero-order chi connectivity index (χ0) is 20.7. The molecule has 5 nitrogen and oxygen atoms in total. The van der Waals surface area contributed by atoms with Gasteiger partial charge in [0.2, 0.25) is 11.1 Å². The van der Waals surface area contributed by atoms with E-state index in [4.69, 9.17) is 21.7 Å². The van der Waals surface area contributed by atoms with E-state index in [0.29, 0.717) is 17.5 Å². The Labute approximate surface area is 184 Å². The van der Waals surface area contributed by atoms with Crippen LogP contribution >= 0.6 is 23.4 Å². The van der Waals surface area contributed by atoms with Crippen molar-refractivity contribution < 1.29 is 4.79 Å². The number of Topliss-reactive ketones (excluding diaryl/α,β-unsaturated/α-hetero) is 1. The molecule has 0 radical (unpaired) electrons. The number of halogens is 1. The summed E-state index contributed by atoms with van der Waals surface area (Å²) in [6.07, 6.45) is 2.32. The summed E-state index contributed by atoms with van der Waals surface area (Å²) < 4.78 is 1.87. The maximum atomic E-state index is 12.9. The van der Waals surface area contributed by atoms with Gasteiger partial charge in [-0.25, -0.2) is 4.68 Å². The van der Waals surface area contributed by atoms with Gasteiger partial charge in [0.1, 0.15) is 6.04 Å². The Balaban J connectivity index is 1.50. The van der Waals surface area contributed by atoms with E-state index in [2.05, 4.69) is 36.5 Å². The molecule has 30 heavy (non-hydrogen) atoms. The van der Waals surface area contributed by atoms with Gasteiger partial charge in [0.15, 0.2) is 5.78 Å². The molecule has 3 aromatic rings. The number of allylic oxidation sites excluding steroid dienone is 2. The summed E-state index contributed by atoms with van der Waals surface area (Å²) in [5.74, 6) is 1.62. The monoisotopic (exact) mass is 436 g/mol. The number of rotatable bonds is 4. The average molecular weight is 437 g/mol. The van der Waals surface area contributed by atoms with Gasteiger partial charge in [-0.1, -0.05) is 65.3 Å². The second kappa shape index (κ2) is 7.93. The van der Waals surface area contributed by atoms with Crippen LogP contribution in [0.5, 0.6) is 0 Å². The van der Waals surface area contributed by atoms with Crippen molar-refractivity contribution in [1.29, 1.82) is 0 Å². The van der Waals surface area contributed by atoms with Gasteiger partial charge in [0, 0.05) is 28.5 Å². The summed E-state index contributed by atoms with van der Waals surface area (Å²) in [5, 5.41) is 9.57. The van der Waals surface area contributed by atoms with E-state index < -0.39 is 0 Å². The van der Waals surface area contributed by atoms with E-state index in [9.17, 15) is 4.79 Å². The Morgan fingerprint density at radius 1 is 1.20 bits per heavy atom. The fraction of sp³-hybridized carbons (Fsp3) is 0.261. The Morgan fingerprint density at radius 2 is 2.03 bits per heavy atom. The molecule has 152 valence electrons. The fourth-order valence-corrected chi connectivity index (χ4v) is 5.01. The number of fused-ring (bicyclic) bond motifs is 1. The van der Waals surface area contributed by atoms with Crippen molar-refractivity contribution in [2.24, 2.45) is 0 Å². The van der Waals surface area contributed by atoms with Crippen LogP contribution in [0.15, 0.2) is 65.0 Å². The first-order valence-electron chi connectivity index (χ1n) is 10.0. The van der Waals surface area contributed by atoms with Crippen LogP contribution in [-0.4, -0.2) is 20.5 Å². The molecule has 1 aliphatic carbocycles. The number of thioether (sulfide) groups is 1. The standard InChI is InChI=1S/C23H21ClN4OS/c1-14-8-10-16(11-9-14)21-20-18(6-3-7-19(20)29)25-22-26-23(27-28(21)22)30-13-15-4-2-5-17(24)12-15/h2,4-5,8-12,21H,3,6-7,13H2,1H3,(H,25,26,27). The van der Waals surface area contributed by atoms with Gasteiger partial charge in [0.25, 0.3) is 0 Å². The number of ketones is 1. The van der Waals surface area contributed by atoms with E-state index in [-0.39, 0.29) is 11.8 Å². The molecular formula is C23H21ClN4OS. The lowest BCUT2D eigenvalue weighted by atomic mass is 9.85. The number of carbonyl (C=O) groups excluding carboxylic acids is 1. The lowest BCUT2D eigenvalue weighted by molar-refractivity contribution is -0.116. The second-order valence-electron chi connectivity index (χ2n) is 7.69. The fourth-order valence-electron chi connectivity index (χ4n) is 4.03. The zero-order valence-corrected chi connectivity index (χ0v) is 18.1. The highest BCUT2D eigenvalue weighted by Crippen LogP contribution is 2.40. The second-order valence-corrected chi connectivity index (χ2v) is 9.07. The first-order valence-corrected chi connectivity index (χ1v) is 11.4. The minimum atomic E-state index is -0.238. The van der Waals surface area contributed by atoms with Crippen LogP contribution < -0.4 is 5.32 Å². The van der Waals surface area contributed by atoms with E-state index >= 15 is 0 Å². The number of nitrogens with zero attached hydrogens (tertiary/aromatic N) is 3. The van der Waals surface area contributed by atoms with Crippen molar-refractivity contribution >= 4 is 35.1 Å². The molecule has 0 amide bonds. The molecule has 1 N–H and O–H groups in total. The smallest absolute Gasteiger partial charge is 0.227 e. The maximum Gasteiger partial charge on any atom is 0.227 e. The summed E-state index contributed by atoms with van der Waals surface area (Å²) in [4.78, 5) is 17.6. The van der Waals surface area contributed by atoms with Crippen molar-refractivity contribution in [2.75, 3.05) is 5.32 Å². The lowest BCUT2D eigenvalue weighted by Crippen LogP contribution is -2.31. The molecular weight excluding hydrogens is 416 g/mol. The highest BCUT2D eigenvalue weighted by atomic mass is 35.5. The third-order valence-corrected chi connectivity index (χ3v) is 6.64. The zero-order valence-electron chi connectivity index (χ0n) is 16.6. The number of benzene rings is 2. The number of aryl methyl sites for hydroxylation is 1. The lowest BCUT2D eigenvalue weighted by Gasteiger charge is -2.32. The van der Waals surface area contributed by atoms with Crippen molar-refractivity contribution in [2.45, 2.75) is 43.1 Å². The average Bonchev–Trinajstić information content (AvgIpc) is 3.14. The van der Waals surface area contributed by atoms with Gasteiger partial charge in [-0.2, -0.15) is 4.98 Å². The molecule has 0 bridgehead atoms. The van der Waals surface area contributed by atoms with Gasteiger partial charge in [0.05, 0.1) is 0 Å². The first kappa shape index (κ1) is 19.4. The van der Waals surface area contributed by atoms with Crippen LogP contribution in [0.3, 0.4) is 0 Å². The Kier molecular flexibility index (Phi) is 5.13. The molecule has 1 aromatic heterocycles. The van der Waals surface area contributed by atoms with Crippen molar-refractivity contribution in [3.05, 3.63) is 81.5 Å².